The molecule has 2 rings (SSSR count). The van der Waals surface area contributed by atoms with Gasteiger partial charge in [-0.1, -0.05) is 0 Å². The molecule has 2 amide bonds. The van der Waals surface area contributed by atoms with Crippen LogP contribution in [0.4, 0.5) is 21.0 Å². The minimum atomic E-state index is -0.323. The number of nitrogens with one attached hydrogen (secondary N) is 1. The predicted octanol–water partition coefficient (Wildman–Crippen LogP) is 2.36. The summed E-state index contributed by atoms with van der Waals surface area (Å²) in [6, 6.07) is 5.39. The van der Waals surface area contributed by atoms with Gasteiger partial charge in [-0.25, -0.2) is 4.79 Å². The second-order valence-corrected chi connectivity index (χ2v) is 4.28. The van der Waals surface area contributed by atoms with Crippen molar-refractivity contribution in [3.63, 3.8) is 0 Å². The fourth-order valence-corrected chi connectivity index (χ4v) is 1.96. The van der Waals surface area contributed by atoms with E-state index in [0.29, 0.717) is 18.8 Å². The highest BCUT2D eigenvalue weighted by molar-refractivity contribution is 7.40. The number of aryl methyl sites for hydroxylation is 1. The Hall–Kier alpha value is -1.61. The number of hydrogen-bond donors (Lipinski definition) is 1. The summed E-state index contributed by atoms with van der Waals surface area (Å²) < 4.78 is 4.88. The molecule has 90 valence electrons. The van der Waals surface area contributed by atoms with Crippen LogP contribution in [0.5, 0.6) is 0 Å². The van der Waals surface area contributed by atoms with Crippen LogP contribution < -0.4 is 10.2 Å². The molecule has 1 unspecified atom stereocenters. The van der Waals surface area contributed by atoms with Gasteiger partial charge in [-0.15, -0.1) is 0 Å². The van der Waals surface area contributed by atoms with Crippen molar-refractivity contribution in [1.29, 1.82) is 0 Å². The van der Waals surface area contributed by atoms with Gasteiger partial charge in [0.25, 0.3) is 0 Å². The first-order valence-electron chi connectivity index (χ1n) is 5.19. The molecular weight excluding hydrogens is 239 g/mol. The van der Waals surface area contributed by atoms with Crippen LogP contribution in [0.25, 0.3) is 0 Å². The summed E-state index contributed by atoms with van der Waals surface area (Å²) >= 11 is 0. The van der Waals surface area contributed by atoms with Crippen molar-refractivity contribution in [2.24, 2.45) is 0 Å². The maximum Gasteiger partial charge on any atom is 0.414 e. The van der Waals surface area contributed by atoms with Gasteiger partial charge in [-0.3, -0.25) is 9.69 Å². The minimum Gasteiger partial charge on any atom is -0.447 e. The molecule has 17 heavy (non-hydrogen) atoms. The molecule has 0 aliphatic carbocycles. The third-order valence-electron chi connectivity index (χ3n) is 2.52. The van der Waals surface area contributed by atoms with Gasteiger partial charge in [0.05, 0.1) is 12.2 Å². The number of nitrogens with zero attached hydrogens (tertiary/aromatic N) is 1. The second-order valence-electron chi connectivity index (χ2n) is 3.76. The molecule has 6 heteroatoms. The van der Waals surface area contributed by atoms with Crippen LogP contribution in [-0.4, -0.2) is 24.9 Å². The SMILES string of the molecule is Cc1cc(NC(=O)P)ccc1N1CCOC1=O. The highest BCUT2D eigenvalue weighted by Gasteiger charge is 2.24. The number of hydrogen-bond acceptors (Lipinski definition) is 3. The van der Waals surface area contributed by atoms with Crippen molar-refractivity contribution in [3.8, 4) is 0 Å². The summed E-state index contributed by atoms with van der Waals surface area (Å²) in [5, 5.41) is 2.66. The largest absolute Gasteiger partial charge is 0.447 e. The van der Waals surface area contributed by atoms with Crippen LogP contribution in [0.2, 0.25) is 0 Å². The fraction of sp³-hybridized carbons (Fsp3) is 0.273. The number of rotatable bonds is 2. The predicted molar refractivity (Wildman–Crippen MR) is 68.6 cm³/mol. The van der Waals surface area contributed by atoms with E-state index in [2.05, 4.69) is 14.6 Å². The summed E-state index contributed by atoms with van der Waals surface area (Å²) in [4.78, 5) is 23.9. The van der Waals surface area contributed by atoms with E-state index >= 15 is 0 Å². The van der Waals surface area contributed by atoms with Crippen LogP contribution in [0.15, 0.2) is 18.2 Å². The molecule has 1 aliphatic rings. The molecular formula is C11H13N2O3P. The molecule has 0 bridgehead atoms. The van der Waals surface area contributed by atoms with Crippen LogP contribution >= 0.6 is 9.24 Å². The monoisotopic (exact) mass is 252 g/mol. The molecule has 1 fully saturated rings. The summed E-state index contributed by atoms with van der Waals surface area (Å²) in [6.45, 7) is 2.87. The highest BCUT2D eigenvalue weighted by atomic mass is 31.0. The van der Waals surface area contributed by atoms with E-state index < -0.39 is 0 Å². The number of carbonyl (C=O) groups is 2. The number of cyclic esters (lactones) is 1. The van der Waals surface area contributed by atoms with Crippen molar-refractivity contribution < 1.29 is 14.3 Å². The maximum atomic E-state index is 11.4. The molecule has 1 aromatic carbocycles. The Morgan fingerprint density at radius 2 is 2.29 bits per heavy atom. The zero-order valence-electron chi connectivity index (χ0n) is 9.40. The van der Waals surface area contributed by atoms with Crippen molar-refractivity contribution in [1.82, 2.24) is 0 Å². The standard InChI is InChI=1S/C11H13N2O3P/c1-7-6-8(12-10(14)17)2-3-9(7)13-4-5-16-11(13)15/h2-3,6H,4-5,17H2,1H3,(H,12,14). The molecule has 5 nitrogen and oxygen atoms in total. The molecule has 1 heterocycles. The fourth-order valence-electron chi connectivity index (χ4n) is 1.79. The molecule has 1 saturated heterocycles. The second kappa shape index (κ2) is 4.72. The van der Waals surface area contributed by atoms with E-state index in [4.69, 9.17) is 4.74 Å². The zero-order valence-corrected chi connectivity index (χ0v) is 10.6. The number of ether oxygens (including phenoxy) is 1. The van der Waals surface area contributed by atoms with Gasteiger partial charge < -0.3 is 10.1 Å². The van der Waals surface area contributed by atoms with Crippen LogP contribution in [0.3, 0.4) is 0 Å². The molecule has 1 aromatic rings. The minimum absolute atomic E-state index is 0.197. The topological polar surface area (TPSA) is 58.6 Å². The van der Waals surface area contributed by atoms with E-state index in [9.17, 15) is 9.59 Å². The van der Waals surface area contributed by atoms with Crippen molar-refractivity contribution in [2.75, 3.05) is 23.4 Å². The summed E-state index contributed by atoms with van der Waals surface area (Å²) in [7, 11) is 2.05. The number of carbonyl (C=O) groups excluding carboxylic acids is 2. The Morgan fingerprint density at radius 1 is 1.53 bits per heavy atom. The molecule has 1 N–H and O–H groups in total. The van der Waals surface area contributed by atoms with Crippen molar-refractivity contribution >= 4 is 32.4 Å². The van der Waals surface area contributed by atoms with Gasteiger partial charge in [0.15, 0.2) is 0 Å². The lowest BCUT2D eigenvalue weighted by atomic mass is 10.1. The number of benzene rings is 1. The summed E-state index contributed by atoms with van der Waals surface area (Å²) in [5.41, 5.74) is 2.24. The molecule has 1 aliphatic heterocycles. The lowest BCUT2D eigenvalue weighted by molar-refractivity contribution is 0.181. The average Bonchev–Trinajstić information content (AvgIpc) is 2.64. The van der Waals surface area contributed by atoms with Gasteiger partial charge >= 0.3 is 6.09 Å². The van der Waals surface area contributed by atoms with Gasteiger partial charge in [0.1, 0.15) is 6.61 Å². The highest BCUT2D eigenvalue weighted by Crippen LogP contribution is 2.26. The molecule has 0 saturated carbocycles. The summed E-state index contributed by atoms with van der Waals surface area (Å²) in [5.74, 6) is 0. The first-order chi connectivity index (χ1) is 8.08. The van der Waals surface area contributed by atoms with E-state index in [0.717, 1.165) is 11.3 Å². The number of anilines is 2. The Bertz CT molecular complexity index is 476. The summed E-state index contributed by atoms with van der Waals surface area (Å²) in [6.07, 6.45) is -0.323. The third kappa shape index (κ3) is 2.56. The maximum absolute atomic E-state index is 11.4. The Morgan fingerprint density at radius 3 is 2.82 bits per heavy atom. The lowest BCUT2D eigenvalue weighted by Crippen LogP contribution is -2.24. The van der Waals surface area contributed by atoms with Crippen molar-refractivity contribution in [3.05, 3.63) is 23.8 Å². The van der Waals surface area contributed by atoms with E-state index in [1.807, 2.05) is 13.0 Å². The van der Waals surface area contributed by atoms with Crippen LogP contribution in [0.1, 0.15) is 5.56 Å². The van der Waals surface area contributed by atoms with Gasteiger partial charge in [0, 0.05) is 5.69 Å². The van der Waals surface area contributed by atoms with E-state index in [-0.39, 0.29) is 11.7 Å². The molecule has 0 spiro atoms. The Labute approximate surface area is 101 Å². The zero-order chi connectivity index (χ0) is 12.4. The van der Waals surface area contributed by atoms with Gasteiger partial charge in [-0.05, 0) is 39.9 Å². The van der Waals surface area contributed by atoms with Crippen LogP contribution in [0, 0.1) is 6.92 Å². The Kier molecular flexibility index (Phi) is 3.29. The van der Waals surface area contributed by atoms with Gasteiger partial charge in [0.2, 0.25) is 5.65 Å². The normalized spacial score (nSPS) is 14.7. The van der Waals surface area contributed by atoms with Crippen LogP contribution in [-0.2, 0) is 4.74 Å². The molecule has 0 aromatic heterocycles. The lowest BCUT2D eigenvalue weighted by Gasteiger charge is -2.16. The molecule has 0 radical (unpaired) electrons. The first-order valence-corrected chi connectivity index (χ1v) is 5.77. The smallest absolute Gasteiger partial charge is 0.414 e. The van der Waals surface area contributed by atoms with E-state index in [1.165, 1.54) is 0 Å². The van der Waals surface area contributed by atoms with Crippen molar-refractivity contribution in [2.45, 2.75) is 6.92 Å². The van der Waals surface area contributed by atoms with E-state index in [1.54, 1.807) is 17.0 Å². The quantitative estimate of drug-likeness (QED) is 0.822. The van der Waals surface area contributed by atoms with Gasteiger partial charge in [-0.2, -0.15) is 0 Å². The Balaban J connectivity index is 2.25. The average molecular weight is 252 g/mol. The third-order valence-corrected chi connectivity index (χ3v) is 2.66. The first kappa shape index (κ1) is 11.9. The molecule has 1 atom stereocenters. The number of amides is 2.